The van der Waals surface area contributed by atoms with Crippen molar-refractivity contribution in [1.82, 2.24) is 5.32 Å². The Bertz CT molecular complexity index is 290. The summed E-state index contributed by atoms with van der Waals surface area (Å²) < 4.78 is 5.72. The summed E-state index contributed by atoms with van der Waals surface area (Å²) in [6, 6.07) is 8.36. The maximum atomic E-state index is 5.72. The lowest BCUT2D eigenvalue weighted by molar-refractivity contribution is 0.180. The Morgan fingerprint density at radius 3 is 2.53 bits per heavy atom. The van der Waals surface area contributed by atoms with E-state index in [1.807, 2.05) is 7.05 Å². The van der Waals surface area contributed by atoms with E-state index in [4.69, 9.17) is 4.74 Å². The number of hydrogen-bond acceptors (Lipinski definition) is 2. The van der Waals surface area contributed by atoms with Crippen molar-refractivity contribution in [2.45, 2.75) is 25.8 Å². The van der Waals surface area contributed by atoms with Crippen LogP contribution in [0.25, 0.3) is 0 Å². The largest absolute Gasteiger partial charge is 0.493 e. The molecule has 0 aromatic heterocycles. The van der Waals surface area contributed by atoms with Crippen LogP contribution < -0.4 is 10.1 Å². The summed E-state index contributed by atoms with van der Waals surface area (Å²) in [5, 5.41) is 3.13. The molecule has 0 saturated heterocycles. The van der Waals surface area contributed by atoms with Crippen molar-refractivity contribution >= 4 is 0 Å². The number of hydrogen-bond donors (Lipinski definition) is 1. The Kier molecular flexibility index (Phi) is 3.62. The topological polar surface area (TPSA) is 21.3 Å². The quantitative estimate of drug-likeness (QED) is 0.797. The number of benzene rings is 1. The lowest BCUT2D eigenvalue weighted by Crippen LogP contribution is -2.19. The number of ether oxygens (including phenoxy) is 1. The molecule has 2 heteroatoms. The maximum absolute atomic E-state index is 5.72. The van der Waals surface area contributed by atoms with Gasteiger partial charge in [-0.15, -0.1) is 0 Å². The molecule has 2 rings (SSSR count). The van der Waals surface area contributed by atoms with Gasteiger partial charge in [-0.25, -0.2) is 0 Å². The van der Waals surface area contributed by atoms with Crippen LogP contribution >= 0.6 is 0 Å². The summed E-state index contributed by atoms with van der Waals surface area (Å²) in [6.45, 7) is 1.81. The normalized spacial score (nSPS) is 16.1. The third-order valence-corrected chi connectivity index (χ3v) is 3.01. The molecule has 1 aromatic carbocycles. The molecule has 0 heterocycles. The minimum atomic E-state index is 0.807. The molecule has 0 radical (unpaired) electrons. The predicted molar refractivity (Wildman–Crippen MR) is 62.0 cm³/mol. The highest BCUT2D eigenvalue weighted by molar-refractivity contribution is 5.27. The van der Waals surface area contributed by atoms with Crippen molar-refractivity contribution in [3.8, 4) is 5.75 Å². The molecule has 0 bridgehead atoms. The first-order valence-electron chi connectivity index (χ1n) is 5.75. The van der Waals surface area contributed by atoms with Crippen molar-refractivity contribution in [2.75, 3.05) is 13.7 Å². The minimum Gasteiger partial charge on any atom is -0.493 e. The summed E-state index contributed by atoms with van der Waals surface area (Å²) >= 11 is 0. The van der Waals surface area contributed by atoms with Crippen molar-refractivity contribution in [2.24, 2.45) is 5.92 Å². The molecule has 0 aliphatic heterocycles. The van der Waals surface area contributed by atoms with Crippen LogP contribution in [0.3, 0.4) is 0 Å². The highest BCUT2D eigenvalue weighted by Gasteiger charge is 2.17. The molecule has 0 unspecified atom stereocenters. The number of rotatable bonds is 5. The van der Waals surface area contributed by atoms with Gasteiger partial charge in [-0.3, -0.25) is 0 Å². The fourth-order valence-corrected chi connectivity index (χ4v) is 1.78. The van der Waals surface area contributed by atoms with Crippen LogP contribution in [0, 0.1) is 5.92 Å². The molecule has 1 saturated carbocycles. The van der Waals surface area contributed by atoms with Crippen LogP contribution in [0.15, 0.2) is 24.3 Å². The van der Waals surface area contributed by atoms with E-state index in [9.17, 15) is 0 Å². The summed E-state index contributed by atoms with van der Waals surface area (Å²) in [6.07, 6.45) is 4.07. The average molecular weight is 205 g/mol. The summed E-state index contributed by atoms with van der Waals surface area (Å²) in [4.78, 5) is 0. The Morgan fingerprint density at radius 2 is 2.00 bits per heavy atom. The van der Waals surface area contributed by atoms with E-state index in [2.05, 4.69) is 29.6 Å². The standard InChI is InChI=1S/C13H19NO/c1-14-9-11-5-7-13(8-6-11)15-10-12-3-2-4-12/h5-8,12,14H,2-4,9-10H2,1H3. The molecule has 1 fully saturated rings. The Morgan fingerprint density at radius 1 is 1.27 bits per heavy atom. The van der Waals surface area contributed by atoms with Gasteiger partial charge < -0.3 is 10.1 Å². The third kappa shape index (κ3) is 2.96. The first-order chi connectivity index (χ1) is 7.38. The van der Waals surface area contributed by atoms with Gasteiger partial charge in [-0.1, -0.05) is 18.6 Å². The molecule has 1 aliphatic carbocycles. The minimum absolute atomic E-state index is 0.807. The van der Waals surface area contributed by atoms with Gasteiger partial charge in [0, 0.05) is 6.54 Å². The number of nitrogens with one attached hydrogen (secondary N) is 1. The van der Waals surface area contributed by atoms with Gasteiger partial charge in [0.25, 0.3) is 0 Å². The van der Waals surface area contributed by atoms with Crippen LogP contribution in [0.1, 0.15) is 24.8 Å². The Hall–Kier alpha value is -1.02. The Balaban J connectivity index is 1.80. The van der Waals surface area contributed by atoms with Crippen LogP contribution in [-0.2, 0) is 6.54 Å². The third-order valence-electron chi connectivity index (χ3n) is 3.01. The molecule has 15 heavy (non-hydrogen) atoms. The van der Waals surface area contributed by atoms with E-state index in [-0.39, 0.29) is 0 Å². The van der Waals surface area contributed by atoms with E-state index in [1.165, 1.54) is 24.8 Å². The molecule has 1 aromatic rings. The SMILES string of the molecule is CNCc1ccc(OCC2CCC2)cc1. The average Bonchev–Trinajstić information content (AvgIpc) is 2.19. The van der Waals surface area contributed by atoms with Crippen molar-refractivity contribution in [3.63, 3.8) is 0 Å². The molecule has 1 N–H and O–H groups in total. The summed E-state index contributed by atoms with van der Waals surface area (Å²) in [5.74, 6) is 1.81. The fraction of sp³-hybridized carbons (Fsp3) is 0.538. The lowest BCUT2D eigenvalue weighted by atomic mass is 9.86. The van der Waals surface area contributed by atoms with E-state index in [0.29, 0.717) is 0 Å². The van der Waals surface area contributed by atoms with Gasteiger partial charge in [0.05, 0.1) is 6.61 Å². The zero-order chi connectivity index (χ0) is 10.5. The van der Waals surface area contributed by atoms with Crippen molar-refractivity contribution in [3.05, 3.63) is 29.8 Å². The molecule has 82 valence electrons. The monoisotopic (exact) mass is 205 g/mol. The highest BCUT2D eigenvalue weighted by atomic mass is 16.5. The second-order valence-corrected chi connectivity index (χ2v) is 4.28. The first kappa shape index (κ1) is 10.5. The fourth-order valence-electron chi connectivity index (χ4n) is 1.78. The second kappa shape index (κ2) is 5.17. The zero-order valence-corrected chi connectivity index (χ0v) is 9.33. The van der Waals surface area contributed by atoms with E-state index in [1.54, 1.807) is 0 Å². The molecule has 2 nitrogen and oxygen atoms in total. The summed E-state index contributed by atoms with van der Waals surface area (Å²) in [5.41, 5.74) is 1.30. The van der Waals surface area contributed by atoms with E-state index >= 15 is 0 Å². The summed E-state index contributed by atoms with van der Waals surface area (Å²) in [7, 11) is 1.96. The van der Waals surface area contributed by atoms with Crippen molar-refractivity contribution in [1.29, 1.82) is 0 Å². The molecule has 1 aliphatic rings. The van der Waals surface area contributed by atoms with Crippen LogP contribution in [-0.4, -0.2) is 13.7 Å². The molecular weight excluding hydrogens is 186 g/mol. The smallest absolute Gasteiger partial charge is 0.119 e. The second-order valence-electron chi connectivity index (χ2n) is 4.28. The van der Waals surface area contributed by atoms with Gasteiger partial charge in [-0.2, -0.15) is 0 Å². The van der Waals surface area contributed by atoms with E-state index in [0.717, 1.165) is 24.8 Å². The van der Waals surface area contributed by atoms with Gasteiger partial charge >= 0.3 is 0 Å². The van der Waals surface area contributed by atoms with E-state index < -0.39 is 0 Å². The van der Waals surface area contributed by atoms with Crippen LogP contribution in [0.2, 0.25) is 0 Å². The molecule has 0 amide bonds. The van der Waals surface area contributed by atoms with Crippen molar-refractivity contribution < 1.29 is 4.74 Å². The Labute approximate surface area is 91.6 Å². The molecule has 0 atom stereocenters. The van der Waals surface area contributed by atoms with Crippen LogP contribution in [0.5, 0.6) is 5.75 Å². The zero-order valence-electron chi connectivity index (χ0n) is 9.33. The first-order valence-corrected chi connectivity index (χ1v) is 5.75. The van der Waals surface area contributed by atoms with Gasteiger partial charge in [0.1, 0.15) is 5.75 Å². The lowest BCUT2D eigenvalue weighted by Gasteiger charge is -2.25. The highest BCUT2D eigenvalue weighted by Crippen LogP contribution is 2.27. The van der Waals surface area contributed by atoms with Gasteiger partial charge in [0.15, 0.2) is 0 Å². The predicted octanol–water partition coefficient (Wildman–Crippen LogP) is 2.58. The molecule has 0 spiro atoms. The van der Waals surface area contributed by atoms with Crippen LogP contribution in [0.4, 0.5) is 0 Å². The maximum Gasteiger partial charge on any atom is 0.119 e. The van der Waals surface area contributed by atoms with Gasteiger partial charge in [0.2, 0.25) is 0 Å². The molecular formula is C13H19NO. The van der Waals surface area contributed by atoms with Gasteiger partial charge in [-0.05, 0) is 43.5 Å².